The first kappa shape index (κ1) is 22.8. The number of thiophene rings is 1. The number of nitrogens with one attached hydrogen (secondary N) is 2. The number of hydrogen-bond acceptors (Lipinski definition) is 6. The molecule has 0 amide bonds. The number of rotatable bonds is 8. The second kappa shape index (κ2) is 9.63. The Hall–Kier alpha value is -0.230. The Bertz CT molecular complexity index is 749. The van der Waals surface area contributed by atoms with E-state index in [0.29, 0.717) is 23.7 Å². The van der Waals surface area contributed by atoms with E-state index in [1.807, 2.05) is 7.05 Å². The molecule has 11 heteroatoms. The Kier molecular flexibility index (Phi) is 8.79. The van der Waals surface area contributed by atoms with Gasteiger partial charge in [-0.1, -0.05) is 0 Å². The predicted octanol–water partition coefficient (Wildman–Crippen LogP) is 1.02. The average Bonchev–Trinajstić information content (AvgIpc) is 3.04. The van der Waals surface area contributed by atoms with E-state index < -0.39 is 20.0 Å². The lowest BCUT2D eigenvalue weighted by molar-refractivity contribution is 0.293. The highest BCUT2D eigenvalue weighted by Crippen LogP contribution is 2.27. The first-order chi connectivity index (χ1) is 11.3. The molecule has 0 saturated carbocycles. The Labute approximate surface area is 160 Å². The maximum Gasteiger partial charge on any atom is 0.252 e. The fraction of sp³-hybridized carbons (Fsp3) is 0.714. The summed E-state index contributed by atoms with van der Waals surface area (Å²) in [6.45, 7) is 2.89. The molecule has 1 fully saturated rings. The summed E-state index contributed by atoms with van der Waals surface area (Å²) in [5.41, 5.74) is 0. The highest BCUT2D eigenvalue weighted by Gasteiger charge is 2.30. The van der Waals surface area contributed by atoms with Gasteiger partial charge in [0.25, 0.3) is 10.0 Å². The summed E-state index contributed by atoms with van der Waals surface area (Å²) < 4.78 is 52.6. The van der Waals surface area contributed by atoms with Gasteiger partial charge in [-0.05, 0) is 45.4 Å². The van der Waals surface area contributed by atoms with E-state index in [1.165, 1.54) is 15.6 Å². The molecule has 1 unspecified atom stereocenters. The van der Waals surface area contributed by atoms with Crippen molar-refractivity contribution < 1.29 is 16.8 Å². The smallest absolute Gasteiger partial charge is 0.252 e. The van der Waals surface area contributed by atoms with Crippen molar-refractivity contribution in [2.24, 2.45) is 0 Å². The first-order valence-corrected chi connectivity index (χ1v) is 11.9. The number of hydrogen-bond donors (Lipinski definition) is 2. The molecule has 2 rings (SSSR count). The lowest BCUT2D eigenvalue weighted by Gasteiger charge is -2.31. The van der Waals surface area contributed by atoms with Crippen molar-refractivity contribution in [2.75, 3.05) is 32.4 Å². The van der Waals surface area contributed by atoms with Crippen molar-refractivity contribution in [1.82, 2.24) is 14.3 Å². The third-order valence-corrected chi connectivity index (χ3v) is 8.98. The van der Waals surface area contributed by atoms with E-state index >= 15 is 0 Å². The quantitative estimate of drug-likeness (QED) is 0.640. The van der Waals surface area contributed by atoms with Gasteiger partial charge in [0.05, 0.1) is 5.75 Å². The van der Waals surface area contributed by atoms with Crippen LogP contribution >= 0.6 is 23.7 Å². The van der Waals surface area contributed by atoms with Crippen LogP contribution in [0.3, 0.4) is 0 Å². The van der Waals surface area contributed by atoms with Gasteiger partial charge in [0, 0.05) is 30.6 Å². The van der Waals surface area contributed by atoms with Gasteiger partial charge >= 0.3 is 0 Å². The molecule has 0 radical (unpaired) electrons. The van der Waals surface area contributed by atoms with Gasteiger partial charge in [-0.2, -0.15) is 4.31 Å². The van der Waals surface area contributed by atoms with Gasteiger partial charge in [0.2, 0.25) is 10.0 Å². The van der Waals surface area contributed by atoms with Crippen molar-refractivity contribution in [3.8, 4) is 0 Å². The van der Waals surface area contributed by atoms with E-state index in [1.54, 1.807) is 19.1 Å². The van der Waals surface area contributed by atoms with Gasteiger partial charge in [0.1, 0.15) is 4.21 Å². The van der Waals surface area contributed by atoms with Gasteiger partial charge in [-0.3, -0.25) is 0 Å². The highest BCUT2D eigenvalue weighted by atomic mass is 35.5. The van der Waals surface area contributed by atoms with Crippen LogP contribution < -0.4 is 10.0 Å². The monoisotopic (exact) mass is 431 g/mol. The molecule has 1 atom stereocenters. The van der Waals surface area contributed by atoms with E-state index in [-0.39, 0.29) is 30.7 Å². The van der Waals surface area contributed by atoms with E-state index in [9.17, 15) is 16.8 Å². The number of piperidine rings is 1. The fourth-order valence-electron chi connectivity index (χ4n) is 2.59. The summed E-state index contributed by atoms with van der Waals surface area (Å²) in [5.74, 6) is 0.0403. The molecular weight excluding hydrogens is 406 g/mol. The van der Waals surface area contributed by atoms with Crippen LogP contribution in [0.1, 0.15) is 24.6 Å². The van der Waals surface area contributed by atoms with Gasteiger partial charge < -0.3 is 5.32 Å². The number of likely N-dealkylation sites (N-methyl/N-ethyl adjacent to an activating group) is 1. The molecule has 0 spiro atoms. The molecule has 2 N–H and O–H groups in total. The van der Waals surface area contributed by atoms with Crippen LogP contribution in [0, 0.1) is 0 Å². The van der Waals surface area contributed by atoms with Crippen molar-refractivity contribution >= 4 is 43.8 Å². The molecular formula is C14H26ClN3O4S3. The van der Waals surface area contributed by atoms with E-state index in [0.717, 1.165) is 17.7 Å². The van der Waals surface area contributed by atoms with Gasteiger partial charge in [0.15, 0.2) is 0 Å². The Morgan fingerprint density at radius 2 is 2.00 bits per heavy atom. The Balaban J connectivity index is 0.00000312. The van der Waals surface area contributed by atoms with Gasteiger partial charge in [-0.25, -0.2) is 21.6 Å². The Morgan fingerprint density at radius 3 is 2.64 bits per heavy atom. The SMILES string of the molecule is CCS(=O)(=O)NCCc1ccc(S(=O)(=O)N2CCCC(NC)C2)s1.Cl. The number of sulfonamides is 2. The minimum Gasteiger partial charge on any atom is -0.316 e. The van der Waals surface area contributed by atoms with Crippen molar-refractivity contribution in [1.29, 1.82) is 0 Å². The lowest BCUT2D eigenvalue weighted by atomic mass is 10.1. The Morgan fingerprint density at radius 1 is 1.28 bits per heavy atom. The van der Waals surface area contributed by atoms with Crippen LogP contribution in [0.4, 0.5) is 0 Å². The molecule has 1 aromatic rings. The number of halogens is 1. The normalized spacial score (nSPS) is 19.5. The molecule has 1 aromatic heterocycles. The largest absolute Gasteiger partial charge is 0.316 e. The summed E-state index contributed by atoms with van der Waals surface area (Å²) in [4.78, 5) is 0.856. The lowest BCUT2D eigenvalue weighted by Crippen LogP contribution is -2.46. The average molecular weight is 432 g/mol. The minimum absolute atomic E-state index is 0. The second-order valence-electron chi connectivity index (χ2n) is 5.76. The molecule has 146 valence electrons. The maximum absolute atomic E-state index is 12.7. The molecule has 1 aliphatic rings. The topological polar surface area (TPSA) is 95.6 Å². The third kappa shape index (κ3) is 6.16. The second-order valence-corrected chi connectivity index (χ2v) is 11.2. The zero-order valence-electron chi connectivity index (χ0n) is 14.4. The fourth-order valence-corrected chi connectivity index (χ4v) is 6.24. The zero-order valence-corrected chi connectivity index (χ0v) is 17.7. The van der Waals surface area contributed by atoms with Crippen LogP contribution in [0.15, 0.2) is 16.3 Å². The standard InChI is InChI=1S/C14H25N3O4S3.ClH/c1-3-23(18,19)16-9-8-13-6-7-14(22-13)24(20,21)17-10-4-5-12(11-17)15-2;/h6-7,12,15-16H,3-5,8-11H2,1-2H3;1H. The maximum atomic E-state index is 12.7. The molecule has 1 saturated heterocycles. The van der Waals surface area contributed by atoms with Crippen molar-refractivity contribution in [3.05, 3.63) is 17.0 Å². The molecule has 7 nitrogen and oxygen atoms in total. The van der Waals surface area contributed by atoms with Crippen molar-refractivity contribution in [2.45, 2.75) is 36.4 Å². The van der Waals surface area contributed by atoms with Crippen molar-refractivity contribution in [3.63, 3.8) is 0 Å². The van der Waals surface area contributed by atoms with E-state index in [2.05, 4.69) is 10.0 Å². The van der Waals surface area contributed by atoms with E-state index in [4.69, 9.17) is 0 Å². The van der Waals surface area contributed by atoms with Crippen LogP contribution in [0.2, 0.25) is 0 Å². The molecule has 0 bridgehead atoms. The van der Waals surface area contributed by atoms with Crippen LogP contribution in [-0.4, -0.2) is 59.6 Å². The van der Waals surface area contributed by atoms with Crippen LogP contribution in [-0.2, 0) is 26.5 Å². The van der Waals surface area contributed by atoms with Gasteiger partial charge in [-0.15, -0.1) is 23.7 Å². The number of nitrogens with zero attached hydrogens (tertiary/aromatic N) is 1. The molecule has 25 heavy (non-hydrogen) atoms. The minimum atomic E-state index is -3.47. The summed E-state index contributed by atoms with van der Waals surface area (Å²) in [7, 11) is -4.84. The molecule has 0 aromatic carbocycles. The van der Waals surface area contributed by atoms with Crippen LogP contribution in [0.5, 0.6) is 0 Å². The van der Waals surface area contributed by atoms with Crippen LogP contribution in [0.25, 0.3) is 0 Å². The zero-order chi connectivity index (χ0) is 17.8. The first-order valence-electron chi connectivity index (χ1n) is 8.02. The molecule has 0 aliphatic carbocycles. The molecule has 2 heterocycles. The summed E-state index contributed by atoms with van der Waals surface area (Å²) >= 11 is 1.22. The third-order valence-electron chi connectivity index (χ3n) is 4.10. The predicted molar refractivity (Wildman–Crippen MR) is 104 cm³/mol. The summed E-state index contributed by atoms with van der Waals surface area (Å²) in [6.07, 6.45) is 2.32. The molecule has 1 aliphatic heterocycles. The summed E-state index contributed by atoms with van der Waals surface area (Å²) in [5, 5.41) is 3.14. The highest BCUT2D eigenvalue weighted by molar-refractivity contribution is 7.91. The summed E-state index contributed by atoms with van der Waals surface area (Å²) in [6, 6.07) is 3.57.